The minimum absolute atomic E-state index is 0.134. The zero-order valence-corrected chi connectivity index (χ0v) is 19.6. The molecular formula is C24H30N2O7. The van der Waals surface area contributed by atoms with E-state index in [-0.39, 0.29) is 18.5 Å². The molecule has 9 nitrogen and oxygen atoms in total. The molecule has 0 heterocycles. The van der Waals surface area contributed by atoms with E-state index < -0.39 is 5.91 Å². The predicted molar refractivity (Wildman–Crippen MR) is 122 cm³/mol. The van der Waals surface area contributed by atoms with Gasteiger partial charge in [-0.15, -0.1) is 0 Å². The summed E-state index contributed by atoms with van der Waals surface area (Å²) in [7, 11) is 7.61. The van der Waals surface area contributed by atoms with Crippen LogP contribution >= 0.6 is 0 Å². The van der Waals surface area contributed by atoms with E-state index in [1.807, 2.05) is 12.1 Å². The highest BCUT2D eigenvalue weighted by Gasteiger charge is 2.33. The van der Waals surface area contributed by atoms with Crippen molar-refractivity contribution in [3.63, 3.8) is 0 Å². The smallest absolute Gasteiger partial charge is 0.251 e. The molecule has 2 aromatic carbocycles. The van der Waals surface area contributed by atoms with Crippen LogP contribution in [-0.4, -0.2) is 64.8 Å². The van der Waals surface area contributed by atoms with Crippen molar-refractivity contribution in [2.75, 3.05) is 42.1 Å². The van der Waals surface area contributed by atoms with Gasteiger partial charge in [0.15, 0.2) is 11.5 Å². The average molecular weight is 459 g/mol. The molecule has 0 atom stereocenters. The van der Waals surface area contributed by atoms with Crippen molar-refractivity contribution in [3.05, 3.63) is 41.5 Å². The Balaban J connectivity index is 1.70. The highest BCUT2D eigenvalue weighted by Crippen LogP contribution is 2.38. The van der Waals surface area contributed by atoms with Crippen molar-refractivity contribution in [3.8, 4) is 28.7 Å². The summed E-state index contributed by atoms with van der Waals surface area (Å²) in [6.45, 7) is 0.251. The lowest BCUT2D eigenvalue weighted by Gasteiger charge is -2.24. The Labute approximate surface area is 193 Å². The molecule has 1 N–H and O–H groups in total. The van der Waals surface area contributed by atoms with E-state index in [1.165, 1.54) is 21.3 Å². The molecule has 178 valence electrons. The van der Waals surface area contributed by atoms with Crippen molar-refractivity contribution in [1.82, 2.24) is 10.2 Å². The first-order valence-electron chi connectivity index (χ1n) is 10.5. The van der Waals surface area contributed by atoms with E-state index in [4.69, 9.17) is 23.7 Å². The van der Waals surface area contributed by atoms with Crippen LogP contribution in [0.3, 0.4) is 0 Å². The van der Waals surface area contributed by atoms with Gasteiger partial charge in [0.05, 0.1) is 42.1 Å². The number of rotatable bonds is 11. The number of nitrogens with one attached hydrogen (secondary N) is 1. The predicted octanol–water partition coefficient (Wildman–Crippen LogP) is 2.65. The van der Waals surface area contributed by atoms with E-state index in [1.54, 1.807) is 37.3 Å². The Bertz CT molecular complexity index is 979. The molecule has 1 fully saturated rings. The molecule has 2 amide bonds. The summed E-state index contributed by atoms with van der Waals surface area (Å²) in [6.07, 6.45) is 1.87. The number of amides is 2. The lowest BCUT2D eigenvalue weighted by molar-refractivity contribution is -0.131. The fraction of sp³-hybridized carbons (Fsp3) is 0.417. The topological polar surface area (TPSA) is 95.6 Å². The van der Waals surface area contributed by atoms with Gasteiger partial charge in [-0.1, -0.05) is 0 Å². The Hall–Kier alpha value is -3.62. The largest absolute Gasteiger partial charge is 0.497 e. The molecule has 2 aromatic rings. The molecule has 1 aliphatic rings. The first-order chi connectivity index (χ1) is 15.9. The number of carbonyl (C=O) groups is 2. The van der Waals surface area contributed by atoms with Crippen molar-refractivity contribution in [2.45, 2.75) is 25.4 Å². The van der Waals surface area contributed by atoms with Crippen molar-refractivity contribution >= 4 is 11.8 Å². The number of carbonyl (C=O) groups excluding carboxylic acids is 2. The SMILES string of the molecule is COc1ccc(CN(C(=O)CNC(=O)c2cc(OC)c(OC)c(OC)c2)C2CC2)c(OC)c1. The summed E-state index contributed by atoms with van der Waals surface area (Å²) in [5, 5.41) is 2.70. The van der Waals surface area contributed by atoms with Gasteiger partial charge in [0.2, 0.25) is 11.7 Å². The first kappa shape index (κ1) is 24.0. The van der Waals surface area contributed by atoms with Gasteiger partial charge in [0.25, 0.3) is 5.91 Å². The Morgan fingerprint density at radius 1 is 0.879 bits per heavy atom. The second kappa shape index (κ2) is 10.8. The van der Waals surface area contributed by atoms with E-state index in [9.17, 15) is 9.59 Å². The third kappa shape index (κ3) is 5.60. The standard InChI is InChI=1S/C24H30N2O7/c1-29-18-9-6-15(19(12-18)30-2)14-26(17-7-8-17)22(27)13-25-24(28)16-10-20(31-3)23(33-5)21(11-16)32-4/h6,9-12,17H,7-8,13-14H2,1-5H3,(H,25,28). The van der Waals surface area contributed by atoms with Crippen LogP contribution in [-0.2, 0) is 11.3 Å². The van der Waals surface area contributed by atoms with Crippen LogP contribution in [0.5, 0.6) is 28.7 Å². The Kier molecular flexibility index (Phi) is 7.87. The maximum atomic E-state index is 13.0. The lowest BCUT2D eigenvalue weighted by Crippen LogP contribution is -2.41. The van der Waals surface area contributed by atoms with E-state index in [0.717, 1.165) is 18.4 Å². The molecular weight excluding hydrogens is 428 g/mol. The maximum absolute atomic E-state index is 13.0. The first-order valence-corrected chi connectivity index (χ1v) is 10.5. The minimum atomic E-state index is -0.416. The van der Waals surface area contributed by atoms with Crippen molar-refractivity contribution < 1.29 is 33.3 Å². The maximum Gasteiger partial charge on any atom is 0.251 e. The summed E-state index contributed by atoms with van der Waals surface area (Å²) in [5.41, 5.74) is 1.17. The fourth-order valence-corrected chi connectivity index (χ4v) is 3.54. The second-order valence-electron chi connectivity index (χ2n) is 7.53. The van der Waals surface area contributed by atoms with Gasteiger partial charge >= 0.3 is 0 Å². The normalized spacial score (nSPS) is 12.5. The Morgan fingerprint density at radius 2 is 1.52 bits per heavy atom. The molecule has 0 bridgehead atoms. The number of ether oxygens (including phenoxy) is 5. The van der Waals surface area contributed by atoms with Crippen LogP contribution in [0.1, 0.15) is 28.8 Å². The molecule has 0 aliphatic heterocycles. The van der Waals surface area contributed by atoms with E-state index >= 15 is 0 Å². The average Bonchev–Trinajstić information content (AvgIpc) is 3.69. The fourth-order valence-electron chi connectivity index (χ4n) is 3.54. The molecule has 0 radical (unpaired) electrons. The molecule has 9 heteroatoms. The third-order valence-corrected chi connectivity index (χ3v) is 5.47. The summed E-state index contributed by atoms with van der Waals surface area (Å²) >= 11 is 0. The van der Waals surface area contributed by atoms with E-state index in [2.05, 4.69) is 5.32 Å². The number of methoxy groups -OCH3 is 5. The summed E-state index contributed by atoms with van der Waals surface area (Å²) < 4.78 is 26.6. The van der Waals surface area contributed by atoms with Crippen LogP contribution < -0.4 is 29.0 Å². The molecule has 1 saturated carbocycles. The minimum Gasteiger partial charge on any atom is -0.497 e. The highest BCUT2D eigenvalue weighted by atomic mass is 16.5. The van der Waals surface area contributed by atoms with Gasteiger partial charge < -0.3 is 33.9 Å². The molecule has 0 unspecified atom stereocenters. The summed E-state index contributed by atoms with van der Waals surface area (Å²) in [4.78, 5) is 27.5. The van der Waals surface area contributed by atoms with Crippen molar-refractivity contribution in [2.24, 2.45) is 0 Å². The number of benzene rings is 2. The van der Waals surface area contributed by atoms with Crippen LogP contribution in [0.15, 0.2) is 30.3 Å². The molecule has 1 aliphatic carbocycles. The Morgan fingerprint density at radius 3 is 2.03 bits per heavy atom. The van der Waals surface area contributed by atoms with E-state index in [0.29, 0.717) is 40.9 Å². The quantitative estimate of drug-likeness (QED) is 0.553. The van der Waals surface area contributed by atoms with Gasteiger partial charge in [-0.25, -0.2) is 0 Å². The third-order valence-electron chi connectivity index (χ3n) is 5.47. The molecule has 0 saturated heterocycles. The van der Waals surface area contributed by atoms with Gasteiger partial charge in [-0.05, 0) is 37.1 Å². The zero-order chi connectivity index (χ0) is 24.0. The molecule has 33 heavy (non-hydrogen) atoms. The number of hydrogen-bond acceptors (Lipinski definition) is 7. The lowest BCUT2D eigenvalue weighted by atomic mass is 10.1. The van der Waals surface area contributed by atoms with Gasteiger partial charge in [0, 0.05) is 29.8 Å². The van der Waals surface area contributed by atoms with Gasteiger partial charge in [-0.2, -0.15) is 0 Å². The van der Waals surface area contributed by atoms with Crippen molar-refractivity contribution in [1.29, 1.82) is 0 Å². The monoisotopic (exact) mass is 458 g/mol. The van der Waals surface area contributed by atoms with Crippen LogP contribution in [0, 0.1) is 0 Å². The highest BCUT2D eigenvalue weighted by molar-refractivity contribution is 5.97. The summed E-state index contributed by atoms with van der Waals surface area (Å²) in [6, 6.07) is 8.75. The molecule has 0 aromatic heterocycles. The number of nitrogens with zero attached hydrogens (tertiary/aromatic N) is 1. The summed E-state index contributed by atoms with van der Waals surface area (Å²) in [5.74, 6) is 1.85. The van der Waals surface area contributed by atoms with Gasteiger partial charge in [-0.3, -0.25) is 9.59 Å². The van der Waals surface area contributed by atoms with Crippen LogP contribution in [0.25, 0.3) is 0 Å². The van der Waals surface area contributed by atoms with Crippen LogP contribution in [0.2, 0.25) is 0 Å². The molecule has 0 spiro atoms. The second-order valence-corrected chi connectivity index (χ2v) is 7.53. The molecule has 3 rings (SSSR count). The van der Waals surface area contributed by atoms with Gasteiger partial charge in [0.1, 0.15) is 11.5 Å². The van der Waals surface area contributed by atoms with Crippen LogP contribution in [0.4, 0.5) is 0 Å². The zero-order valence-electron chi connectivity index (χ0n) is 19.6. The number of hydrogen-bond donors (Lipinski definition) is 1.